The quantitative estimate of drug-likeness (QED) is 0.609. The summed E-state index contributed by atoms with van der Waals surface area (Å²) in [7, 11) is 0. The van der Waals surface area contributed by atoms with Crippen LogP contribution < -0.4 is 4.90 Å². The lowest BCUT2D eigenvalue weighted by molar-refractivity contribution is 0.384. The molecule has 2 heterocycles. The van der Waals surface area contributed by atoms with E-state index in [4.69, 9.17) is 5.41 Å². The van der Waals surface area contributed by atoms with Crippen LogP contribution in [0.3, 0.4) is 0 Å². The van der Waals surface area contributed by atoms with E-state index in [9.17, 15) is 13.9 Å². The molecule has 28 heavy (non-hydrogen) atoms. The summed E-state index contributed by atoms with van der Waals surface area (Å²) >= 11 is 1.39. The second-order valence-electron chi connectivity index (χ2n) is 6.54. The smallest absolute Gasteiger partial charge is 0.160 e. The highest BCUT2D eigenvalue weighted by molar-refractivity contribution is 7.13. The third-order valence-corrected chi connectivity index (χ3v) is 5.74. The molecule has 0 aliphatic carbocycles. The average molecular weight is 397 g/mol. The van der Waals surface area contributed by atoms with Gasteiger partial charge in [-0.1, -0.05) is 30.3 Å². The summed E-state index contributed by atoms with van der Waals surface area (Å²) in [6.45, 7) is 3.65. The molecule has 1 unspecified atom stereocenters. The van der Waals surface area contributed by atoms with Crippen molar-refractivity contribution in [3.63, 3.8) is 0 Å². The number of amidine groups is 1. The fourth-order valence-electron chi connectivity index (χ4n) is 3.33. The van der Waals surface area contributed by atoms with Crippen molar-refractivity contribution in [1.82, 2.24) is 4.98 Å². The first kappa shape index (κ1) is 18.3. The van der Waals surface area contributed by atoms with Crippen LogP contribution in [0.25, 0.3) is 16.8 Å². The Labute approximate surface area is 164 Å². The number of hydrogen-bond donors (Lipinski definition) is 2. The van der Waals surface area contributed by atoms with Crippen molar-refractivity contribution in [2.24, 2.45) is 0 Å². The maximum absolute atomic E-state index is 13.7. The summed E-state index contributed by atoms with van der Waals surface area (Å²) in [5.41, 5.74) is 2.37. The molecule has 2 aromatic carbocycles. The molecule has 3 aromatic rings. The molecule has 0 spiro atoms. The Bertz CT molecular complexity index is 1110. The fraction of sp³-hybridized carbons (Fsp3) is 0.143. The minimum absolute atomic E-state index is 0.00405. The normalized spacial score (nSPS) is 16.9. The highest BCUT2D eigenvalue weighted by atomic mass is 32.1. The number of aliphatic hydroxyl groups excluding tert-OH is 1. The molecule has 1 aliphatic heterocycles. The number of nitrogens with one attached hydrogen (secondary N) is 1. The van der Waals surface area contributed by atoms with Gasteiger partial charge >= 0.3 is 0 Å². The van der Waals surface area contributed by atoms with Crippen molar-refractivity contribution >= 4 is 28.4 Å². The van der Waals surface area contributed by atoms with Crippen LogP contribution in [-0.2, 0) is 0 Å². The molecule has 7 heteroatoms. The van der Waals surface area contributed by atoms with E-state index in [0.29, 0.717) is 16.3 Å². The number of aryl methyl sites for hydroxylation is 1. The van der Waals surface area contributed by atoms with Crippen molar-refractivity contribution in [2.75, 3.05) is 4.90 Å². The summed E-state index contributed by atoms with van der Waals surface area (Å²) in [5.74, 6) is -1.96. The highest BCUT2D eigenvalue weighted by Gasteiger charge is 2.37. The van der Waals surface area contributed by atoms with Crippen LogP contribution in [0.1, 0.15) is 16.8 Å². The summed E-state index contributed by atoms with van der Waals surface area (Å²) in [5, 5.41) is 19.8. The molecule has 0 amide bonds. The Balaban J connectivity index is 1.75. The van der Waals surface area contributed by atoms with E-state index in [1.54, 1.807) is 6.92 Å². The van der Waals surface area contributed by atoms with E-state index in [1.807, 2.05) is 37.3 Å². The maximum Gasteiger partial charge on any atom is 0.160 e. The van der Waals surface area contributed by atoms with Gasteiger partial charge in [0.15, 0.2) is 11.6 Å². The number of aliphatic hydroxyl groups is 1. The molecule has 2 N–H and O–H groups in total. The second kappa shape index (κ2) is 6.83. The van der Waals surface area contributed by atoms with E-state index in [-0.39, 0.29) is 11.6 Å². The molecule has 1 atom stereocenters. The SMILES string of the molecule is Cc1sc(C2=C(O)C(C)N(c3ccc(F)c(F)c3)C2=N)nc1-c1ccccc1. The van der Waals surface area contributed by atoms with E-state index < -0.39 is 17.7 Å². The van der Waals surface area contributed by atoms with Crippen LogP contribution in [0.5, 0.6) is 0 Å². The average Bonchev–Trinajstić information content (AvgIpc) is 3.16. The number of aromatic nitrogens is 1. The molecule has 0 radical (unpaired) electrons. The van der Waals surface area contributed by atoms with Gasteiger partial charge in [-0.25, -0.2) is 13.8 Å². The van der Waals surface area contributed by atoms with Gasteiger partial charge in [-0.05, 0) is 26.0 Å². The van der Waals surface area contributed by atoms with Crippen molar-refractivity contribution in [3.05, 3.63) is 75.8 Å². The summed E-state index contributed by atoms with van der Waals surface area (Å²) in [4.78, 5) is 7.09. The van der Waals surface area contributed by atoms with Gasteiger partial charge in [-0.15, -0.1) is 11.3 Å². The Kier molecular flexibility index (Phi) is 4.47. The van der Waals surface area contributed by atoms with Crippen LogP contribution in [0.4, 0.5) is 14.5 Å². The van der Waals surface area contributed by atoms with Crippen molar-refractivity contribution in [3.8, 4) is 11.3 Å². The van der Waals surface area contributed by atoms with Gasteiger partial charge in [-0.3, -0.25) is 5.41 Å². The number of anilines is 1. The standard InChI is InChI=1S/C21H17F2N3OS/c1-11-19(27)17(20(24)26(11)14-8-9-15(22)16(23)10-14)21-25-18(12(2)28-21)13-6-4-3-5-7-13/h3-11,24,27H,1-2H3. The molecule has 4 rings (SSSR count). The van der Waals surface area contributed by atoms with Crippen LogP contribution in [0, 0.1) is 24.0 Å². The van der Waals surface area contributed by atoms with Gasteiger partial charge in [0, 0.05) is 22.2 Å². The van der Waals surface area contributed by atoms with E-state index >= 15 is 0 Å². The lowest BCUT2D eigenvalue weighted by atomic mass is 10.1. The van der Waals surface area contributed by atoms with Crippen LogP contribution in [-0.4, -0.2) is 22.0 Å². The number of nitrogens with zero attached hydrogens (tertiary/aromatic N) is 2. The summed E-state index contributed by atoms with van der Waals surface area (Å²) in [6.07, 6.45) is 0. The molecule has 142 valence electrons. The van der Waals surface area contributed by atoms with E-state index in [0.717, 1.165) is 28.3 Å². The molecule has 0 saturated carbocycles. The lowest BCUT2D eigenvalue weighted by Crippen LogP contribution is -2.33. The number of hydrogen-bond acceptors (Lipinski definition) is 4. The molecular formula is C21H17F2N3OS. The first-order valence-electron chi connectivity index (χ1n) is 8.68. The van der Waals surface area contributed by atoms with Gasteiger partial charge in [0.1, 0.15) is 16.6 Å². The van der Waals surface area contributed by atoms with Crippen molar-refractivity contribution in [2.45, 2.75) is 19.9 Å². The van der Waals surface area contributed by atoms with Gasteiger partial charge < -0.3 is 10.0 Å². The Morgan fingerprint density at radius 1 is 1.11 bits per heavy atom. The number of benzene rings is 2. The third-order valence-electron chi connectivity index (χ3n) is 4.76. The number of rotatable bonds is 3. The Hall–Kier alpha value is -3.06. The van der Waals surface area contributed by atoms with Crippen LogP contribution in [0.15, 0.2) is 54.3 Å². The zero-order chi connectivity index (χ0) is 20.0. The predicted molar refractivity (Wildman–Crippen MR) is 108 cm³/mol. The zero-order valence-electron chi connectivity index (χ0n) is 15.2. The highest BCUT2D eigenvalue weighted by Crippen LogP contribution is 2.39. The zero-order valence-corrected chi connectivity index (χ0v) is 16.0. The minimum Gasteiger partial charge on any atom is -0.509 e. The summed E-state index contributed by atoms with van der Waals surface area (Å²) in [6, 6.07) is 12.5. The second-order valence-corrected chi connectivity index (χ2v) is 7.75. The Morgan fingerprint density at radius 3 is 2.50 bits per heavy atom. The third kappa shape index (κ3) is 2.88. The van der Waals surface area contributed by atoms with Crippen molar-refractivity contribution < 1.29 is 13.9 Å². The lowest BCUT2D eigenvalue weighted by Gasteiger charge is -2.24. The largest absolute Gasteiger partial charge is 0.509 e. The molecule has 0 saturated heterocycles. The predicted octanol–water partition coefficient (Wildman–Crippen LogP) is 5.55. The number of thiazole rings is 1. The first-order chi connectivity index (χ1) is 13.4. The van der Waals surface area contributed by atoms with Crippen LogP contribution in [0.2, 0.25) is 0 Å². The monoisotopic (exact) mass is 397 g/mol. The minimum atomic E-state index is -0.998. The van der Waals surface area contributed by atoms with E-state index in [2.05, 4.69) is 4.98 Å². The molecule has 1 aromatic heterocycles. The Morgan fingerprint density at radius 2 is 1.82 bits per heavy atom. The van der Waals surface area contributed by atoms with Gasteiger partial charge in [0.2, 0.25) is 0 Å². The van der Waals surface area contributed by atoms with Gasteiger partial charge in [0.25, 0.3) is 0 Å². The molecule has 0 fully saturated rings. The molecule has 4 nitrogen and oxygen atoms in total. The summed E-state index contributed by atoms with van der Waals surface area (Å²) < 4.78 is 27.0. The first-order valence-corrected chi connectivity index (χ1v) is 9.49. The van der Waals surface area contributed by atoms with Crippen molar-refractivity contribution in [1.29, 1.82) is 5.41 Å². The van der Waals surface area contributed by atoms with E-state index in [1.165, 1.54) is 22.3 Å². The number of halogens is 2. The molecule has 1 aliphatic rings. The van der Waals surface area contributed by atoms with Crippen LogP contribution >= 0.6 is 11.3 Å². The maximum atomic E-state index is 13.7. The van der Waals surface area contributed by atoms with Gasteiger partial charge in [-0.2, -0.15) is 0 Å². The fourth-order valence-corrected chi connectivity index (χ4v) is 4.32. The van der Waals surface area contributed by atoms with Gasteiger partial charge in [0.05, 0.1) is 17.3 Å². The molecule has 0 bridgehead atoms. The topological polar surface area (TPSA) is 60.2 Å². The molecular weight excluding hydrogens is 380 g/mol.